The normalized spacial score (nSPS) is 25.6. The predicted molar refractivity (Wildman–Crippen MR) is 75.1 cm³/mol. The van der Waals surface area contributed by atoms with Crippen molar-refractivity contribution >= 4 is 8.32 Å². The molecule has 0 aliphatic carbocycles. The van der Waals surface area contributed by atoms with Crippen molar-refractivity contribution in [2.75, 3.05) is 13.2 Å². The number of rotatable bonds is 4. The standard InChI is InChI=1S/C12H25N3O2Si/c1-12(2,3)18(4,5)17-11-7-6-10(16-9-11)8-14-15-13/h10-11H,6-9H2,1-5H3/t10-,11+/m0/s1. The summed E-state index contributed by atoms with van der Waals surface area (Å²) < 4.78 is 12.0. The summed E-state index contributed by atoms with van der Waals surface area (Å²) in [7, 11) is -1.70. The van der Waals surface area contributed by atoms with Gasteiger partial charge >= 0.3 is 0 Å². The highest BCUT2D eigenvalue weighted by Crippen LogP contribution is 2.38. The van der Waals surface area contributed by atoms with Crippen molar-refractivity contribution in [2.24, 2.45) is 5.11 Å². The third-order valence-electron chi connectivity index (χ3n) is 3.94. The van der Waals surface area contributed by atoms with Crippen LogP contribution in [0.2, 0.25) is 18.1 Å². The molecule has 1 rings (SSSR count). The molecule has 0 aromatic carbocycles. The van der Waals surface area contributed by atoms with Crippen molar-refractivity contribution < 1.29 is 9.16 Å². The second-order valence-electron chi connectivity index (χ2n) is 6.45. The molecule has 0 radical (unpaired) electrons. The Morgan fingerprint density at radius 2 is 2.06 bits per heavy atom. The van der Waals surface area contributed by atoms with E-state index >= 15 is 0 Å². The van der Waals surface area contributed by atoms with Gasteiger partial charge in [0, 0.05) is 4.91 Å². The van der Waals surface area contributed by atoms with E-state index in [1.165, 1.54) is 0 Å². The lowest BCUT2D eigenvalue weighted by atomic mass is 10.1. The van der Waals surface area contributed by atoms with E-state index in [9.17, 15) is 0 Å². The summed E-state index contributed by atoms with van der Waals surface area (Å²) in [6.07, 6.45) is 2.18. The Labute approximate surface area is 111 Å². The summed E-state index contributed by atoms with van der Waals surface area (Å²) in [5.41, 5.74) is 8.27. The molecule has 0 bridgehead atoms. The SMILES string of the molecule is CC(C)(C)[Si](C)(C)O[C@@H]1CC[C@@H](CN=[N+]=[N-])OC1. The molecular weight excluding hydrogens is 246 g/mol. The Bertz CT molecular complexity index is 314. The largest absolute Gasteiger partial charge is 0.412 e. The van der Waals surface area contributed by atoms with Gasteiger partial charge in [-0.15, -0.1) is 0 Å². The first-order valence-corrected chi connectivity index (χ1v) is 9.47. The second kappa shape index (κ2) is 6.06. The topological polar surface area (TPSA) is 67.2 Å². The first kappa shape index (κ1) is 15.5. The molecule has 0 saturated carbocycles. The molecule has 1 fully saturated rings. The van der Waals surface area contributed by atoms with Gasteiger partial charge in [0.25, 0.3) is 0 Å². The molecule has 0 N–H and O–H groups in total. The molecule has 1 aliphatic heterocycles. The molecule has 6 heteroatoms. The molecular formula is C12H25N3O2Si. The number of hydrogen-bond donors (Lipinski definition) is 0. The Kier molecular flexibility index (Phi) is 5.22. The molecule has 0 spiro atoms. The van der Waals surface area contributed by atoms with Crippen LogP contribution in [0.25, 0.3) is 10.4 Å². The molecule has 1 heterocycles. The van der Waals surface area contributed by atoms with E-state index in [2.05, 4.69) is 43.9 Å². The first-order chi connectivity index (χ1) is 8.26. The van der Waals surface area contributed by atoms with Gasteiger partial charge in [0.15, 0.2) is 8.32 Å². The van der Waals surface area contributed by atoms with Crippen LogP contribution in [0, 0.1) is 0 Å². The highest BCUT2D eigenvalue weighted by Gasteiger charge is 2.39. The van der Waals surface area contributed by atoms with Gasteiger partial charge in [0.2, 0.25) is 0 Å². The summed E-state index contributed by atoms with van der Waals surface area (Å²) in [6.45, 7) is 12.3. The third-order valence-corrected chi connectivity index (χ3v) is 8.48. The van der Waals surface area contributed by atoms with Gasteiger partial charge < -0.3 is 9.16 Å². The zero-order valence-electron chi connectivity index (χ0n) is 12.1. The molecule has 0 aromatic heterocycles. The number of ether oxygens (including phenoxy) is 1. The van der Waals surface area contributed by atoms with E-state index in [0.29, 0.717) is 13.2 Å². The van der Waals surface area contributed by atoms with Crippen molar-refractivity contribution in [3.8, 4) is 0 Å². The summed E-state index contributed by atoms with van der Waals surface area (Å²) >= 11 is 0. The molecule has 0 amide bonds. The van der Waals surface area contributed by atoms with E-state index in [0.717, 1.165) is 12.8 Å². The van der Waals surface area contributed by atoms with E-state index in [-0.39, 0.29) is 17.2 Å². The predicted octanol–water partition coefficient (Wildman–Crippen LogP) is 3.87. The van der Waals surface area contributed by atoms with Crippen LogP contribution < -0.4 is 0 Å². The molecule has 18 heavy (non-hydrogen) atoms. The molecule has 5 nitrogen and oxygen atoms in total. The number of hydrogen-bond acceptors (Lipinski definition) is 3. The molecule has 2 atom stereocenters. The smallest absolute Gasteiger partial charge is 0.192 e. The van der Waals surface area contributed by atoms with E-state index < -0.39 is 8.32 Å². The number of azide groups is 1. The molecule has 104 valence electrons. The van der Waals surface area contributed by atoms with Crippen LogP contribution in [-0.2, 0) is 9.16 Å². The monoisotopic (exact) mass is 271 g/mol. The minimum Gasteiger partial charge on any atom is -0.412 e. The lowest BCUT2D eigenvalue weighted by Gasteiger charge is -2.41. The Morgan fingerprint density at radius 3 is 2.50 bits per heavy atom. The van der Waals surface area contributed by atoms with Crippen molar-refractivity contribution in [3.63, 3.8) is 0 Å². The van der Waals surface area contributed by atoms with Crippen LogP contribution >= 0.6 is 0 Å². The second-order valence-corrected chi connectivity index (χ2v) is 11.2. The van der Waals surface area contributed by atoms with E-state index in [4.69, 9.17) is 14.7 Å². The Morgan fingerprint density at radius 1 is 1.39 bits per heavy atom. The average molecular weight is 271 g/mol. The molecule has 1 aliphatic rings. The first-order valence-electron chi connectivity index (χ1n) is 6.56. The van der Waals surface area contributed by atoms with Gasteiger partial charge in [-0.05, 0) is 36.5 Å². The van der Waals surface area contributed by atoms with Crippen LogP contribution in [0.1, 0.15) is 33.6 Å². The summed E-state index contributed by atoms with van der Waals surface area (Å²) in [4.78, 5) is 2.76. The van der Waals surface area contributed by atoms with Crippen molar-refractivity contribution in [1.29, 1.82) is 0 Å². The highest BCUT2D eigenvalue weighted by atomic mass is 28.4. The maximum atomic E-state index is 8.27. The fourth-order valence-corrected chi connectivity index (χ4v) is 3.11. The van der Waals surface area contributed by atoms with Crippen LogP contribution in [0.3, 0.4) is 0 Å². The maximum absolute atomic E-state index is 8.27. The van der Waals surface area contributed by atoms with E-state index in [1.807, 2.05) is 0 Å². The summed E-state index contributed by atoms with van der Waals surface area (Å²) in [5.74, 6) is 0. The van der Waals surface area contributed by atoms with Gasteiger partial charge in [-0.2, -0.15) is 0 Å². The van der Waals surface area contributed by atoms with Gasteiger partial charge in [0.05, 0.1) is 25.4 Å². The zero-order valence-corrected chi connectivity index (χ0v) is 13.1. The minimum atomic E-state index is -1.70. The van der Waals surface area contributed by atoms with Crippen LogP contribution in [0.5, 0.6) is 0 Å². The van der Waals surface area contributed by atoms with Crippen molar-refractivity contribution in [3.05, 3.63) is 10.4 Å². The summed E-state index contributed by atoms with van der Waals surface area (Å²) in [5, 5.41) is 3.79. The Hall–Kier alpha value is -0.553. The maximum Gasteiger partial charge on any atom is 0.192 e. The molecule has 0 unspecified atom stereocenters. The number of nitrogens with zero attached hydrogens (tertiary/aromatic N) is 3. The van der Waals surface area contributed by atoms with Crippen LogP contribution in [-0.4, -0.2) is 33.7 Å². The van der Waals surface area contributed by atoms with Crippen molar-refractivity contribution in [2.45, 2.75) is 64.0 Å². The zero-order chi connectivity index (χ0) is 13.8. The lowest BCUT2D eigenvalue weighted by Crippen LogP contribution is -2.46. The fourth-order valence-electron chi connectivity index (χ4n) is 1.74. The fraction of sp³-hybridized carbons (Fsp3) is 1.00. The van der Waals surface area contributed by atoms with Crippen LogP contribution in [0.15, 0.2) is 5.11 Å². The van der Waals surface area contributed by atoms with Gasteiger partial charge in [-0.25, -0.2) is 0 Å². The van der Waals surface area contributed by atoms with E-state index in [1.54, 1.807) is 0 Å². The van der Waals surface area contributed by atoms with Crippen molar-refractivity contribution in [1.82, 2.24) is 0 Å². The average Bonchev–Trinajstić information content (AvgIpc) is 2.26. The lowest BCUT2D eigenvalue weighted by molar-refractivity contribution is -0.0457. The van der Waals surface area contributed by atoms with Gasteiger partial charge in [0.1, 0.15) is 0 Å². The van der Waals surface area contributed by atoms with Crippen LogP contribution in [0.4, 0.5) is 0 Å². The quantitative estimate of drug-likeness (QED) is 0.337. The highest BCUT2D eigenvalue weighted by molar-refractivity contribution is 6.74. The Balaban J connectivity index is 2.42. The minimum absolute atomic E-state index is 0.0696. The molecule has 0 aromatic rings. The molecule has 1 saturated heterocycles. The van der Waals surface area contributed by atoms with Gasteiger partial charge in [-0.3, -0.25) is 0 Å². The summed E-state index contributed by atoms with van der Waals surface area (Å²) in [6, 6.07) is 0. The third kappa shape index (κ3) is 4.28. The van der Waals surface area contributed by atoms with Gasteiger partial charge in [-0.1, -0.05) is 25.9 Å².